The van der Waals surface area contributed by atoms with E-state index in [2.05, 4.69) is 6.92 Å². The summed E-state index contributed by atoms with van der Waals surface area (Å²) in [5.41, 5.74) is -0.799. The average molecular weight is 479 g/mol. The molecule has 0 unspecified atom stereocenters. The Morgan fingerprint density at radius 1 is 0.667 bits per heavy atom. The van der Waals surface area contributed by atoms with Gasteiger partial charge in [-0.1, -0.05) is 39.0 Å². The van der Waals surface area contributed by atoms with Gasteiger partial charge in [-0.2, -0.15) is 0 Å². The number of aliphatic carboxylic acids is 4. The van der Waals surface area contributed by atoms with Crippen molar-refractivity contribution in [2.24, 2.45) is 0 Å². The van der Waals surface area contributed by atoms with Crippen molar-refractivity contribution in [1.82, 2.24) is 9.80 Å². The van der Waals surface area contributed by atoms with Crippen LogP contribution in [-0.4, -0.2) is 98.5 Å². The molecule has 0 aromatic heterocycles. The Morgan fingerprint density at radius 3 is 1.42 bits per heavy atom. The predicted octanol–water partition coefficient (Wildman–Crippen LogP) is 2.21. The van der Waals surface area contributed by atoms with Crippen molar-refractivity contribution in [3.05, 3.63) is 0 Å². The van der Waals surface area contributed by atoms with E-state index in [1.807, 2.05) is 0 Å². The van der Waals surface area contributed by atoms with E-state index in [-0.39, 0.29) is 13.1 Å². The van der Waals surface area contributed by atoms with Crippen LogP contribution in [0.25, 0.3) is 0 Å². The molecule has 1 amide bonds. The Hall–Kier alpha value is -2.89. The summed E-state index contributed by atoms with van der Waals surface area (Å²) in [7, 11) is 0. The molecule has 0 rings (SSSR count). The zero-order valence-corrected chi connectivity index (χ0v) is 19.9. The van der Waals surface area contributed by atoms with Gasteiger partial charge < -0.3 is 25.2 Å². The summed E-state index contributed by atoms with van der Waals surface area (Å²) in [6.45, 7) is 5.71. The Kier molecular flexibility index (Phi) is 17.3. The maximum absolute atomic E-state index is 11.4. The van der Waals surface area contributed by atoms with E-state index in [0.29, 0.717) is 11.4 Å². The molecule has 0 aliphatic rings. The summed E-state index contributed by atoms with van der Waals surface area (Å²) >= 11 is 0. The molecule has 192 valence electrons. The smallest absolute Gasteiger partial charge is 0.411 e. The molecule has 12 heteroatoms. The lowest BCUT2D eigenvalue weighted by Crippen LogP contribution is -2.42. The quantitative estimate of drug-likeness (QED) is 0.253. The van der Waals surface area contributed by atoms with E-state index in [1.54, 1.807) is 20.8 Å². The van der Waals surface area contributed by atoms with Crippen molar-refractivity contribution in [2.45, 2.75) is 71.8 Å². The molecule has 0 fully saturated rings. The fraction of sp³-hybridized carbons (Fsp3) is 0.762. The second kappa shape index (κ2) is 17.6. The van der Waals surface area contributed by atoms with Gasteiger partial charge in [0.15, 0.2) is 0 Å². The summed E-state index contributed by atoms with van der Waals surface area (Å²) in [5.74, 6) is -4.55. The van der Waals surface area contributed by atoms with Crippen LogP contribution in [0.3, 0.4) is 0 Å². The molecule has 12 nitrogen and oxygen atoms in total. The molecule has 0 aliphatic carbocycles. The third-order valence-electron chi connectivity index (χ3n) is 3.85. The Morgan fingerprint density at radius 2 is 1.06 bits per heavy atom. The summed E-state index contributed by atoms with van der Waals surface area (Å²) in [6, 6.07) is 0. The van der Waals surface area contributed by atoms with Gasteiger partial charge in [-0.05, 0) is 33.7 Å². The fourth-order valence-corrected chi connectivity index (χ4v) is 2.55. The fourth-order valence-electron chi connectivity index (χ4n) is 2.55. The first-order valence-electron chi connectivity index (χ1n) is 10.7. The number of carbonyl (C=O) groups excluding carboxylic acids is 1. The second-order valence-electron chi connectivity index (χ2n) is 8.39. The molecule has 0 saturated heterocycles. The van der Waals surface area contributed by atoms with Gasteiger partial charge in [-0.3, -0.25) is 29.0 Å². The maximum Gasteiger partial charge on any atom is 0.411 e. The highest BCUT2D eigenvalue weighted by molar-refractivity contribution is 5.81. The molecular formula is C21H38N2O10. The molecule has 0 radical (unpaired) electrons. The maximum atomic E-state index is 11.4. The number of hydrogen-bond acceptors (Lipinski definition) is 7. The van der Waals surface area contributed by atoms with E-state index in [1.165, 1.54) is 24.2 Å². The number of nitrogens with zero attached hydrogens (tertiary/aromatic N) is 2. The number of ether oxygens (including phenoxy) is 1. The third-order valence-corrected chi connectivity index (χ3v) is 3.85. The monoisotopic (exact) mass is 478 g/mol. The summed E-state index contributed by atoms with van der Waals surface area (Å²) in [4.78, 5) is 55.4. The lowest BCUT2D eigenvalue weighted by molar-refractivity contribution is -0.143. The van der Waals surface area contributed by atoms with Crippen LogP contribution in [0.5, 0.6) is 0 Å². The van der Waals surface area contributed by atoms with Gasteiger partial charge in [0, 0.05) is 0 Å². The zero-order valence-electron chi connectivity index (χ0n) is 19.9. The van der Waals surface area contributed by atoms with Gasteiger partial charge in [0.25, 0.3) is 0 Å². The standard InChI is InChI=1S/C12H23NO4.C9H15NO6/c1-2-3-4-5-6-7-8-13(9-11(14)15)10-12(16)17;1-9(2,3)16-8(15)10(4-6(11)12)5-7(13)14/h2-10H2,1H3,(H,14,15)(H,16,17);4-5H2,1-3H3,(H,11,12)(H,13,14). The van der Waals surface area contributed by atoms with E-state index in [0.717, 1.165) is 19.3 Å². The molecule has 33 heavy (non-hydrogen) atoms. The predicted molar refractivity (Wildman–Crippen MR) is 118 cm³/mol. The summed E-state index contributed by atoms with van der Waals surface area (Å²) in [6.07, 6.45) is 5.71. The number of unbranched alkanes of at least 4 members (excludes halogenated alkanes) is 5. The number of carbonyl (C=O) groups is 5. The molecule has 0 aromatic carbocycles. The van der Waals surface area contributed by atoms with Gasteiger partial charge in [-0.25, -0.2) is 4.79 Å². The van der Waals surface area contributed by atoms with Gasteiger partial charge >= 0.3 is 30.0 Å². The number of rotatable bonds is 15. The molecular weight excluding hydrogens is 440 g/mol. The summed E-state index contributed by atoms with van der Waals surface area (Å²) in [5, 5.41) is 34.3. The van der Waals surface area contributed by atoms with Crippen molar-refractivity contribution in [3.63, 3.8) is 0 Å². The molecule has 0 aliphatic heterocycles. The molecule has 0 spiro atoms. The molecule has 0 heterocycles. The first-order chi connectivity index (χ1) is 15.2. The van der Waals surface area contributed by atoms with Crippen LogP contribution in [0.2, 0.25) is 0 Å². The minimum atomic E-state index is -1.30. The zero-order chi connectivity index (χ0) is 26.0. The third kappa shape index (κ3) is 23.6. The van der Waals surface area contributed by atoms with E-state index < -0.39 is 48.7 Å². The van der Waals surface area contributed by atoms with Gasteiger partial charge in [-0.15, -0.1) is 0 Å². The van der Waals surface area contributed by atoms with Crippen LogP contribution < -0.4 is 0 Å². The minimum absolute atomic E-state index is 0.193. The Labute approximate surface area is 194 Å². The van der Waals surface area contributed by atoms with Crippen LogP contribution in [0.4, 0.5) is 4.79 Å². The highest BCUT2D eigenvalue weighted by Gasteiger charge is 2.25. The molecule has 4 N–H and O–H groups in total. The first kappa shape index (κ1) is 32.3. The van der Waals surface area contributed by atoms with Gasteiger partial charge in [0.1, 0.15) is 18.7 Å². The minimum Gasteiger partial charge on any atom is -0.480 e. The first-order valence-corrected chi connectivity index (χ1v) is 10.7. The molecule has 0 saturated carbocycles. The van der Waals surface area contributed by atoms with Crippen LogP contribution in [0.15, 0.2) is 0 Å². The van der Waals surface area contributed by atoms with Crippen molar-refractivity contribution in [1.29, 1.82) is 0 Å². The topological polar surface area (TPSA) is 182 Å². The van der Waals surface area contributed by atoms with E-state index in [4.69, 9.17) is 25.2 Å². The van der Waals surface area contributed by atoms with Crippen molar-refractivity contribution < 1.29 is 49.1 Å². The highest BCUT2D eigenvalue weighted by atomic mass is 16.6. The average Bonchev–Trinajstić information content (AvgIpc) is 2.61. The largest absolute Gasteiger partial charge is 0.480 e. The number of amides is 1. The van der Waals surface area contributed by atoms with Gasteiger partial charge in [0.2, 0.25) is 0 Å². The molecule has 0 bridgehead atoms. The number of hydrogen-bond donors (Lipinski definition) is 4. The van der Waals surface area contributed by atoms with Crippen LogP contribution in [0, 0.1) is 0 Å². The highest BCUT2D eigenvalue weighted by Crippen LogP contribution is 2.09. The van der Waals surface area contributed by atoms with Crippen molar-refractivity contribution in [2.75, 3.05) is 32.7 Å². The van der Waals surface area contributed by atoms with E-state index >= 15 is 0 Å². The Balaban J connectivity index is 0. The van der Waals surface area contributed by atoms with Crippen LogP contribution >= 0.6 is 0 Å². The lowest BCUT2D eigenvalue weighted by atomic mass is 10.1. The van der Waals surface area contributed by atoms with Crippen molar-refractivity contribution >= 4 is 30.0 Å². The normalized spacial score (nSPS) is 10.7. The SMILES string of the molecule is CC(C)(C)OC(=O)N(CC(=O)O)CC(=O)O.CCCCCCCCN(CC(=O)O)CC(=O)O. The number of carboxylic acids is 4. The Bertz CT molecular complexity index is 599. The molecule has 0 aromatic rings. The van der Waals surface area contributed by atoms with Gasteiger partial charge in [0.05, 0.1) is 13.1 Å². The summed E-state index contributed by atoms with van der Waals surface area (Å²) < 4.78 is 4.86. The molecule has 0 atom stereocenters. The second-order valence-corrected chi connectivity index (χ2v) is 8.39. The van der Waals surface area contributed by atoms with Crippen molar-refractivity contribution in [3.8, 4) is 0 Å². The number of carboxylic acid groups (broad SMARTS) is 4. The van der Waals surface area contributed by atoms with E-state index in [9.17, 15) is 24.0 Å². The van der Waals surface area contributed by atoms with Crippen LogP contribution in [-0.2, 0) is 23.9 Å². The van der Waals surface area contributed by atoms with Crippen LogP contribution in [0.1, 0.15) is 66.2 Å². The lowest BCUT2D eigenvalue weighted by Gasteiger charge is -2.25.